The Balaban J connectivity index is 1.78. The highest BCUT2D eigenvalue weighted by molar-refractivity contribution is 7.80. The molecule has 5 nitrogen and oxygen atoms in total. The van der Waals surface area contributed by atoms with Gasteiger partial charge in [-0.2, -0.15) is 0 Å². The van der Waals surface area contributed by atoms with E-state index in [4.69, 9.17) is 12.2 Å². The Morgan fingerprint density at radius 3 is 2.20 bits per heavy atom. The first-order chi connectivity index (χ1) is 14.5. The van der Waals surface area contributed by atoms with Crippen molar-refractivity contribution in [1.29, 1.82) is 0 Å². The first-order valence-electron chi connectivity index (χ1n) is 9.30. The van der Waals surface area contributed by atoms with Crippen molar-refractivity contribution >= 4 is 68.7 Å². The van der Waals surface area contributed by atoms with E-state index in [1.54, 1.807) is 13.1 Å². The van der Waals surface area contributed by atoms with Crippen LogP contribution >= 0.6 is 23.6 Å². The molecule has 0 fully saturated rings. The van der Waals surface area contributed by atoms with E-state index in [1.165, 1.54) is 34.1 Å². The Labute approximate surface area is 183 Å². The number of hydrogen-bond donors (Lipinski definition) is 1. The summed E-state index contributed by atoms with van der Waals surface area (Å²) in [5.74, 6) is -0.448. The van der Waals surface area contributed by atoms with E-state index in [0.717, 1.165) is 20.9 Å². The first kappa shape index (κ1) is 20.0. The van der Waals surface area contributed by atoms with Crippen LogP contribution in [-0.4, -0.2) is 40.9 Å². The van der Waals surface area contributed by atoms with Crippen molar-refractivity contribution < 1.29 is 9.59 Å². The van der Waals surface area contributed by atoms with Gasteiger partial charge >= 0.3 is 0 Å². The second-order valence-electron chi connectivity index (χ2n) is 6.68. The molecular weight excluding hydrogens is 414 g/mol. The monoisotopic (exact) mass is 433 g/mol. The van der Waals surface area contributed by atoms with Crippen molar-refractivity contribution in [2.24, 2.45) is 0 Å². The quantitative estimate of drug-likeness (QED) is 0.171. The number of rotatable bonds is 4. The molecule has 7 heteroatoms. The van der Waals surface area contributed by atoms with Crippen LogP contribution in [0.5, 0.6) is 0 Å². The molecule has 0 spiro atoms. The minimum Gasteiger partial charge on any atom is -0.365 e. The van der Waals surface area contributed by atoms with Gasteiger partial charge in [-0.15, -0.1) is 11.3 Å². The number of thiophene rings is 1. The van der Waals surface area contributed by atoms with E-state index in [-0.39, 0.29) is 10.7 Å². The van der Waals surface area contributed by atoms with E-state index in [9.17, 15) is 9.59 Å². The zero-order valence-electron chi connectivity index (χ0n) is 16.5. The van der Waals surface area contributed by atoms with E-state index in [0.29, 0.717) is 6.29 Å². The molecule has 30 heavy (non-hydrogen) atoms. The van der Waals surface area contributed by atoms with Gasteiger partial charge in [0.05, 0.1) is 16.6 Å². The number of carbonyl (C=O) groups is 2. The molecule has 4 rings (SSSR count). The highest BCUT2D eigenvalue weighted by Gasteiger charge is 2.18. The van der Waals surface area contributed by atoms with Crippen LogP contribution in [0.3, 0.4) is 0 Å². The number of amides is 1. The van der Waals surface area contributed by atoms with Crippen molar-refractivity contribution in [3.8, 4) is 5.00 Å². The maximum atomic E-state index is 12.6. The molecular formula is C23H19N3O2S2. The molecule has 0 aliphatic rings. The molecule has 4 aromatic rings. The van der Waals surface area contributed by atoms with Gasteiger partial charge in [-0.1, -0.05) is 36.4 Å². The number of nitrogens with zero attached hydrogens (tertiary/aromatic N) is 2. The maximum Gasteiger partial charge on any atom is 0.263 e. The van der Waals surface area contributed by atoms with Gasteiger partial charge in [-0.3, -0.25) is 14.5 Å². The summed E-state index contributed by atoms with van der Waals surface area (Å²) in [6.45, 7) is 0. The highest BCUT2D eigenvalue weighted by atomic mass is 32.1. The molecule has 0 bridgehead atoms. The van der Waals surface area contributed by atoms with Gasteiger partial charge in [0.15, 0.2) is 11.4 Å². The number of aldehydes is 1. The van der Waals surface area contributed by atoms with Crippen LogP contribution in [0.1, 0.15) is 4.88 Å². The lowest BCUT2D eigenvalue weighted by atomic mass is 10.2. The van der Waals surface area contributed by atoms with E-state index in [2.05, 4.69) is 34.1 Å². The van der Waals surface area contributed by atoms with Crippen LogP contribution < -0.4 is 5.32 Å². The molecule has 2 aromatic heterocycles. The van der Waals surface area contributed by atoms with Crippen LogP contribution in [0.25, 0.3) is 32.9 Å². The van der Waals surface area contributed by atoms with Crippen molar-refractivity contribution in [3.63, 3.8) is 0 Å². The topological polar surface area (TPSA) is 54.3 Å². The molecule has 150 valence electrons. The van der Waals surface area contributed by atoms with Gasteiger partial charge in [0.25, 0.3) is 5.91 Å². The second-order valence-corrected chi connectivity index (χ2v) is 8.16. The number of hydrogen-bond acceptors (Lipinski definition) is 4. The molecule has 0 aliphatic carbocycles. The number of aromatic nitrogens is 1. The minimum atomic E-state index is -0.448. The predicted molar refractivity (Wildman–Crippen MR) is 127 cm³/mol. The summed E-state index contributed by atoms with van der Waals surface area (Å²) < 4.78 is 2.21. The zero-order valence-corrected chi connectivity index (χ0v) is 18.1. The summed E-state index contributed by atoms with van der Waals surface area (Å²) in [6.07, 6.45) is 2.17. The fourth-order valence-electron chi connectivity index (χ4n) is 3.45. The third-order valence-corrected chi connectivity index (χ3v) is 6.40. The average Bonchev–Trinajstić information content (AvgIpc) is 3.37. The average molecular weight is 434 g/mol. The smallest absolute Gasteiger partial charge is 0.263 e. The number of para-hydroxylation sites is 2. The van der Waals surface area contributed by atoms with Gasteiger partial charge in [0.1, 0.15) is 5.00 Å². The predicted octanol–water partition coefficient (Wildman–Crippen LogP) is 4.39. The summed E-state index contributed by atoms with van der Waals surface area (Å²) >= 11 is 6.60. The van der Waals surface area contributed by atoms with Crippen LogP contribution in [0, 0.1) is 0 Å². The Hall–Kier alpha value is -3.29. The van der Waals surface area contributed by atoms with Crippen molar-refractivity contribution in [1.82, 2.24) is 14.8 Å². The number of carbonyl (C=O) groups excluding carboxylic acids is 2. The molecule has 0 saturated carbocycles. The van der Waals surface area contributed by atoms with Crippen molar-refractivity contribution in [2.45, 2.75) is 0 Å². The van der Waals surface area contributed by atoms with Gasteiger partial charge in [-0.05, 0) is 42.6 Å². The summed E-state index contributed by atoms with van der Waals surface area (Å²) in [6, 6.07) is 20.5. The van der Waals surface area contributed by atoms with Crippen LogP contribution in [0.2, 0.25) is 0 Å². The van der Waals surface area contributed by atoms with Crippen LogP contribution in [0.4, 0.5) is 0 Å². The van der Waals surface area contributed by atoms with E-state index in [1.807, 2.05) is 36.4 Å². The second kappa shape index (κ2) is 8.22. The number of likely N-dealkylation sites (N-methyl/N-ethyl adjacent to an activating group) is 1. The van der Waals surface area contributed by atoms with Gasteiger partial charge in [0.2, 0.25) is 0 Å². The molecule has 0 aliphatic heterocycles. The molecule has 0 unspecified atom stereocenters. The molecule has 1 N–H and O–H groups in total. The fourth-order valence-corrected chi connectivity index (χ4v) is 4.52. The first-order valence-corrected chi connectivity index (χ1v) is 10.5. The number of thiocarbonyl (C=S) groups is 1. The maximum absolute atomic E-state index is 12.6. The lowest BCUT2D eigenvalue weighted by Gasteiger charge is -2.17. The van der Waals surface area contributed by atoms with E-state index < -0.39 is 5.91 Å². The number of benzene rings is 2. The van der Waals surface area contributed by atoms with Crippen molar-refractivity contribution in [3.05, 3.63) is 71.1 Å². The SMILES string of the molecule is CNC(=S)N(C)C(=O)/C(C=O)=C\c1ccc(-n2c3ccccc3c3ccccc32)s1. The van der Waals surface area contributed by atoms with Crippen molar-refractivity contribution in [2.75, 3.05) is 14.1 Å². The Morgan fingerprint density at radius 2 is 1.63 bits per heavy atom. The van der Waals surface area contributed by atoms with Gasteiger partial charge in [0, 0.05) is 29.7 Å². The van der Waals surface area contributed by atoms with Crippen LogP contribution in [0.15, 0.2) is 66.2 Å². The number of fused-ring (bicyclic) bond motifs is 3. The summed E-state index contributed by atoms with van der Waals surface area (Å²) in [7, 11) is 3.17. The Bertz CT molecular complexity index is 1260. The minimum absolute atomic E-state index is 0.0470. The standard InChI is InChI=1S/C23H19N3O2S2/c1-24-23(29)25(2)22(28)15(14-27)13-16-11-12-21(30-16)26-19-9-5-3-7-17(19)18-8-4-6-10-20(18)26/h3-14H,1-2H3,(H,24,29)/b15-13-. The zero-order chi connectivity index (χ0) is 21.3. The van der Waals surface area contributed by atoms with Gasteiger partial charge in [-0.25, -0.2) is 0 Å². The lowest BCUT2D eigenvalue weighted by Crippen LogP contribution is -2.40. The largest absolute Gasteiger partial charge is 0.365 e. The Morgan fingerprint density at radius 1 is 1.03 bits per heavy atom. The molecule has 0 atom stereocenters. The molecule has 1 amide bonds. The number of nitrogens with one attached hydrogen (secondary N) is 1. The third-order valence-electron chi connectivity index (χ3n) is 4.91. The van der Waals surface area contributed by atoms with Crippen LogP contribution in [-0.2, 0) is 9.59 Å². The fraction of sp³-hybridized carbons (Fsp3) is 0.0870. The lowest BCUT2D eigenvalue weighted by molar-refractivity contribution is -0.123. The summed E-state index contributed by atoms with van der Waals surface area (Å²) in [5.41, 5.74) is 2.27. The van der Waals surface area contributed by atoms with Gasteiger partial charge < -0.3 is 9.88 Å². The third kappa shape index (κ3) is 3.42. The normalized spacial score (nSPS) is 11.6. The summed E-state index contributed by atoms with van der Waals surface area (Å²) in [5, 5.41) is 6.37. The Kier molecular flexibility index (Phi) is 5.48. The molecule has 0 radical (unpaired) electrons. The molecule has 2 aromatic carbocycles. The van der Waals surface area contributed by atoms with E-state index >= 15 is 0 Å². The molecule has 0 saturated heterocycles. The molecule has 2 heterocycles. The summed E-state index contributed by atoms with van der Waals surface area (Å²) in [4.78, 5) is 26.2. The highest BCUT2D eigenvalue weighted by Crippen LogP contribution is 2.34.